The molecule has 0 spiro atoms. The number of esters is 1. The lowest BCUT2D eigenvalue weighted by molar-refractivity contribution is -0.200. The van der Waals surface area contributed by atoms with E-state index < -0.39 is 29.8 Å². The van der Waals surface area contributed by atoms with Gasteiger partial charge in [0.25, 0.3) is 0 Å². The Morgan fingerprint density at radius 3 is 2.39 bits per heavy atom. The van der Waals surface area contributed by atoms with Gasteiger partial charge in [-0.1, -0.05) is 68.2 Å². The molecule has 4 saturated carbocycles. The molecule has 2 amide bonds. The maximum Gasteiger partial charge on any atom is 0.411 e. The SMILES string of the molecule is COC(=O)CC[C@@H](C)[C@H]1CC[C@H]2[C@@H]3[C@H](OC(=O)Nc4c(Cl)cccc4Cl)C[C@@H]4C[C@H](NC5=NCCCN5)CC[C@]4(C)[C@H]3C[C@H](OC(=O)Nc3ccccc3)[C@]12C. The Bertz CT molecular complexity index is 1760. The second kappa shape index (κ2) is 17.0. The summed E-state index contributed by atoms with van der Waals surface area (Å²) in [6.07, 6.45) is 6.26. The Labute approximate surface area is 340 Å². The van der Waals surface area contributed by atoms with E-state index in [1.165, 1.54) is 7.11 Å². The van der Waals surface area contributed by atoms with Crippen LogP contribution in [0.2, 0.25) is 10.0 Å². The van der Waals surface area contributed by atoms with E-state index in [1.807, 2.05) is 30.3 Å². The number of amides is 2. The molecule has 0 saturated heterocycles. The molecule has 4 N–H and O–H groups in total. The van der Waals surface area contributed by atoms with Gasteiger partial charge in [0.15, 0.2) is 5.96 Å². The van der Waals surface area contributed by atoms with E-state index >= 15 is 0 Å². The lowest BCUT2D eigenvalue weighted by atomic mass is 9.43. The van der Waals surface area contributed by atoms with Gasteiger partial charge in [-0.3, -0.25) is 20.4 Å². The van der Waals surface area contributed by atoms with Gasteiger partial charge in [-0.05, 0) is 117 Å². The number of hydrogen-bond donors (Lipinski definition) is 4. The molecule has 0 aromatic heterocycles. The van der Waals surface area contributed by atoms with Gasteiger partial charge in [-0.2, -0.15) is 0 Å². The quantitative estimate of drug-likeness (QED) is 0.145. The summed E-state index contributed by atoms with van der Waals surface area (Å²) in [5.41, 5.74) is 0.475. The number of aliphatic imine (C=N–C) groups is 1. The third-order valence-corrected chi connectivity index (χ3v) is 15.1. The van der Waals surface area contributed by atoms with Crippen LogP contribution in [-0.4, -0.2) is 62.6 Å². The van der Waals surface area contributed by atoms with Crippen LogP contribution in [0.25, 0.3) is 0 Å². The van der Waals surface area contributed by atoms with E-state index in [0.717, 1.165) is 57.6 Å². The highest BCUT2D eigenvalue weighted by Crippen LogP contribution is 2.69. The Morgan fingerprint density at radius 2 is 1.68 bits per heavy atom. The molecule has 1 aliphatic heterocycles. The van der Waals surface area contributed by atoms with E-state index in [1.54, 1.807) is 18.2 Å². The summed E-state index contributed by atoms with van der Waals surface area (Å²) in [4.78, 5) is 44.7. The fourth-order valence-corrected chi connectivity index (χ4v) is 12.2. The molecule has 2 aromatic carbocycles. The first-order chi connectivity index (χ1) is 26.9. The molecule has 0 radical (unpaired) electrons. The number of rotatable bonds is 9. The lowest BCUT2D eigenvalue weighted by Gasteiger charge is -2.64. The number of carbonyl (C=O) groups excluding carboxylic acids is 3. The minimum Gasteiger partial charge on any atom is -0.469 e. The van der Waals surface area contributed by atoms with Gasteiger partial charge in [-0.25, -0.2) is 9.59 Å². The summed E-state index contributed by atoms with van der Waals surface area (Å²) in [5.74, 6) is 1.45. The topological polar surface area (TPSA) is 139 Å². The van der Waals surface area contributed by atoms with Crippen molar-refractivity contribution < 1.29 is 28.6 Å². The first-order valence-corrected chi connectivity index (χ1v) is 21.2. The van der Waals surface area contributed by atoms with Crippen molar-refractivity contribution in [1.29, 1.82) is 0 Å². The summed E-state index contributed by atoms with van der Waals surface area (Å²) >= 11 is 13.0. The molecule has 0 unspecified atom stereocenters. The van der Waals surface area contributed by atoms with Crippen molar-refractivity contribution in [3.63, 3.8) is 0 Å². The molecular formula is C43H57Cl2N5O6. The highest BCUT2D eigenvalue weighted by molar-refractivity contribution is 6.39. The average Bonchev–Trinajstić information content (AvgIpc) is 3.55. The first kappa shape index (κ1) is 40.5. The number of para-hydroxylation sites is 2. The first-order valence-electron chi connectivity index (χ1n) is 20.5. The summed E-state index contributed by atoms with van der Waals surface area (Å²) in [6, 6.07) is 14.7. The van der Waals surface area contributed by atoms with E-state index in [2.05, 4.69) is 42.0 Å². The molecule has 0 bridgehead atoms. The Balaban J connectivity index is 1.22. The van der Waals surface area contributed by atoms with Gasteiger partial charge in [0.1, 0.15) is 12.2 Å². The molecular weight excluding hydrogens is 753 g/mol. The van der Waals surface area contributed by atoms with Crippen LogP contribution in [0.5, 0.6) is 0 Å². The number of hydrogen-bond acceptors (Lipinski definition) is 9. The minimum atomic E-state index is -0.582. The maximum atomic E-state index is 13.9. The zero-order valence-corrected chi connectivity index (χ0v) is 34.5. The smallest absolute Gasteiger partial charge is 0.411 e. The molecule has 1 heterocycles. The molecule has 56 heavy (non-hydrogen) atoms. The average molecular weight is 811 g/mol. The van der Waals surface area contributed by atoms with E-state index in [-0.39, 0.29) is 52.9 Å². The summed E-state index contributed by atoms with van der Waals surface area (Å²) in [5, 5.41) is 13.6. The van der Waals surface area contributed by atoms with Crippen LogP contribution in [0, 0.1) is 46.3 Å². The van der Waals surface area contributed by atoms with Crippen LogP contribution in [0.15, 0.2) is 53.5 Å². The number of fused-ring (bicyclic) bond motifs is 5. The molecule has 4 aliphatic carbocycles. The van der Waals surface area contributed by atoms with Gasteiger partial charge < -0.3 is 24.8 Å². The normalized spacial score (nSPS) is 33.9. The Morgan fingerprint density at radius 1 is 0.929 bits per heavy atom. The zero-order chi connectivity index (χ0) is 39.6. The molecule has 11 nitrogen and oxygen atoms in total. The molecule has 11 atom stereocenters. The third kappa shape index (κ3) is 8.17. The molecule has 13 heteroatoms. The standard InChI is InChI=1S/C43H57Cl2N5O6/c1-25(14-17-36(51)54-4)29-15-16-30-37-31(24-35(43(29,30)3)56-40(52)49-27-10-6-5-7-11-27)42(2)19-18-28(48-39-46-20-9-21-47-39)22-26(42)23-34(37)55-41(53)50-38-32(44)12-8-13-33(38)45/h5-8,10-13,25-26,28-31,34-35,37H,9,14-24H2,1-4H3,(H,49,52)(H,50,53)(H2,46,47,48)/t25-,26+,28-,29-,30+,31+,34-,35+,37+,42+,43-/m1/s1. The highest BCUT2D eigenvalue weighted by atomic mass is 35.5. The van der Waals surface area contributed by atoms with Gasteiger partial charge in [0.05, 0.1) is 22.8 Å². The zero-order valence-electron chi connectivity index (χ0n) is 33.0. The van der Waals surface area contributed by atoms with Crippen molar-refractivity contribution in [2.45, 2.75) is 103 Å². The predicted octanol–water partition coefficient (Wildman–Crippen LogP) is 9.30. The van der Waals surface area contributed by atoms with E-state index in [4.69, 9.17) is 42.4 Å². The molecule has 304 valence electrons. The largest absolute Gasteiger partial charge is 0.469 e. The Hall–Kier alpha value is -3.70. The van der Waals surface area contributed by atoms with Gasteiger partial charge in [0, 0.05) is 42.6 Å². The summed E-state index contributed by atoms with van der Waals surface area (Å²) in [6.45, 7) is 8.65. The highest BCUT2D eigenvalue weighted by Gasteiger charge is 2.67. The minimum absolute atomic E-state index is 0.0254. The van der Waals surface area contributed by atoms with Crippen molar-refractivity contribution in [3.05, 3.63) is 58.6 Å². The number of nitrogens with zero attached hydrogens (tertiary/aromatic N) is 1. The van der Waals surface area contributed by atoms with Crippen molar-refractivity contribution >= 4 is 58.7 Å². The molecule has 7 rings (SSSR count). The summed E-state index contributed by atoms with van der Waals surface area (Å²) < 4.78 is 18.2. The van der Waals surface area contributed by atoms with Crippen LogP contribution >= 0.6 is 23.2 Å². The second-order valence-corrected chi connectivity index (χ2v) is 18.1. The molecule has 5 aliphatic rings. The van der Waals surface area contributed by atoms with Crippen molar-refractivity contribution in [3.8, 4) is 0 Å². The monoisotopic (exact) mass is 809 g/mol. The third-order valence-electron chi connectivity index (χ3n) is 14.5. The number of ether oxygens (including phenoxy) is 3. The van der Waals surface area contributed by atoms with Crippen molar-refractivity contribution in [2.75, 3.05) is 30.8 Å². The van der Waals surface area contributed by atoms with Crippen LogP contribution in [0.1, 0.15) is 85.0 Å². The molecule has 2 aromatic rings. The number of nitrogens with one attached hydrogen (secondary N) is 4. The van der Waals surface area contributed by atoms with Crippen LogP contribution < -0.4 is 21.3 Å². The molecule has 4 fully saturated rings. The maximum absolute atomic E-state index is 13.9. The van der Waals surface area contributed by atoms with Crippen LogP contribution in [0.3, 0.4) is 0 Å². The number of anilines is 2. The number of methoxy groups -OCH3 is 1. The van der Waals surface area contributed by atoms with Crippen LogP contribution in [-0.2, 0) is 19.0 Å². The van der Waals surface area contributed by atoms with Gasteiger partial charge >= 0.3 is 18.2 Å². The second-order valence-electron chi connectivity index (χ2n) is 17.3. The predicted molar refractivity (Wildman–Crippen MR) is 219 cm³/mol. The van der Waals surface area contributed by atoms with Crippen molar-refractivity contribution in [1.82, 2.24) is 10.6 Å². The number of carbonyl (C=O) groups is 3. The number of benzene rings is 2. The van der Waals surface area contributed by atoms with E-state index in [9.17, 15) is 14.4 Å². The lowest BCUT2D eigenvalue weighted by Crippen LogP contribution is -2.64. The van der Waals surface area contributed by atoms with Crippen LogP contribution in [0.4, 0.5) is 21.0 Å². The fraction of sp³-hybridized carbons (Fsp3) is 0.628. The summed E-state index contributed by atoms with van der Waals surface area (Å²) in [7, 11) is 1.42. The number of guanidine groups is 1. The van der Waals surface area contributed by atoms with E-state index in [0.29, 0.717) is 47.1 Å². The Kier molecular flexibility index (Phi) is 12.3. The van der Waals surface area contributed by atoms with Gasteiger partial charge in [0.2, 0.25) is 0 Å². The fourth-order valence-electron chi connectivity index (χ4n) is 11.7. The number of halogens is 2. The van der Waals surface area contributed by atoms with Gasteiger partial charge in [-0.15, -0.1) is 0 Å². The van der Waals surface area contributed by atoms with Crippen molar-refractivity contribution in [2.24, 2.45) is 51.3 Å².